The van der Waals surface area contributed by atoms with Crippen molar-refractivity contribution in [3.05, 3.63) is 159 Å². The Balaban J connectivity index is 0.000000213. The van der Waals surface area contributed by atoms with E-state index in [0.717, 1.165) is 51.6 Å². The van der Waals surface area contributed by atoms with Crippen LogP contribution in [0.4, 0.5) is 17.6 Å². The normalized spacial score (nSPS) is 11.2. The number of amides is 2. The van der Waals surface area contributed by atoms with Crippen LogP contribution in [0.5, 0.6) is 0 Å². The summed E-state index contributed by atoms with van der Waals surface area (Å²) in [6, 6.07) is 16.1. The van der Waals surface area contributed by atoms with Crippen LogP contribution in [0.1, 0.15) is 58.6 Å². The molecule has 0 atom stereocenters. The number of benzene rings is 3. The van der Waals surface area contributed by atoms with Gasteiger partial charge in [-0.3, -0.25) is 9.59 Å². The van der Waals surface area contributed by atoms with Crippen LogP contribution in [0.3, 0.4) is 0 Å². The minimum absolute atomic E-state index is 0.0649. The van der Waals surface area contributed by atoms with Gasteiger partial charge in [-0.25, -0.2) is 54.6 Å². The van der Waals surface area contributed by atoms with Crippen LogP contribution in [0.2, 0.25) is 5.02 Å². The second-order valence-electron chi connectivity index (χ2n) is 12.2. The molecule has 0 bridgehead atoms. The van der Waals surface area contributed by atoms with Gasteiger partial charge in [0.25, 0.3) is 11.8 Å². The van der Waals surface area contributed by atoms with Gasteiger partial charge in [0.05, 0.1) is 18.1 Å². The molecule has 2 amide bonds. The van der Waals surface area contributed by atoms with Crippen LogP contribution in [0.25, 0.3) is 11.3 Å². The number of carbonyl (C=O) groups is 4. The van der Waals surface area contributed by atoms with Gasteiger partial charge in [-0.05, 0) is 47.0 Å². The van der Waals surface area contributed by atoms with Crippen molar-refractivity contribution in [2.24, 2.45) is 0 Å². The van der Waals surface area contributed by atoms with E-state index >= 15 is 0 Å². The van der Waals surface area contributed by atoms with E-state index in [4.69, 9.17) is 11.6 Å². The Morgan fingerprint density at radius 3 is 1.76 bits per heavy atom. The molecule has 22 heteroatoms. The first-order valence-electron chi connectivity index (χ1n) is 16.6. The molecule has 4 N–H and O–H groups in total. The molecular weight excluding hydrogens is 828 g/mol. The van der Waals surface area contributed by atoms with Crippen LogP contribution < -0.4 is 10.6 Å². The number of nitrogens with one attached hydrogen (secondary N) is 2. The third-order valence-corrected chi connectivity index (χ3v) is 10.2. The second kappa shape index (κ2) is 17.1. The van der Waals surface area contributed by atoms with Gasteiger partial charge in [-0.1, -0.05) is 41.9 Å². The summed E-state index contributed by atoms with van der Waals surface area (Å²) in [6.45, 7) is -0.285. The van der Waals surface area contributed by atoms with Crippen LogP contribution in [0.15, 0.2) is 96.2 Å². The van der Waals surface area contributed by atoms with E-state index < -0.39 is 78.9 Å². The molecule has 0 unspecified atom stereocenters. The molecule has 0 saturated heterocycles. The predicted octanol–water partition coefficient (Wildman–Crippen LogP) is 4.90. The van der Waals surface area contributed by atoms with Crippen LogP contribution in [-0.4, -0.2) is 71.6 Å². The number of aromatic nitrogens is 6. The highest BCUT2D eigenvalue weighted by Crippen LogP contribution is 2.25. The van der Waals surface area contributed by atoms with E-state index in [9.17, 15) is 55.4 Å². The first-order valence-corrected chi connectivity index (χ1v) is 18.7. The van der Waals surface area contributed by atoms with Gasteiger partial charge < -0.3 is 20.8 Å². The molecule has 0 aliphatic carbocycles. The lowest BCUT2D eigenvalue weighted by Gasteiger charge is -2.09. The summed E-state index contributed by atoms with van der Waals surface area (Å²) in [4.78, 5) is 55.5. The molecule has 0 radical (unpaired) electrons. The lowest BCUT2D eigenvalue weighted by Crippen LogP contribution is -2.25. The predicted molar refractivity (Wildman–Crippen MR) is 197 cm³/mol. The number of aromatic carboxylic acids is 2. The highest BCUT2D eigenvalue weighted by atomic mass is 35.5. The van der Waals surface area contributed by atoms with Gasteiger partial charge in [0.2, 0.25) is 0 Å². The largest absolute Gasteiger partial charge is 0.477 e. The van der Waals surface area contributed by atoms with Crippen LogP contribution in [0, 0.1) is 23.3 Å². The van der Waals surface area contributed by atoms with Crippen molar-refractivity contribution < 1.29 is 55.4 Å². The quantitative estimate of drug-likeness (QED) is 0.128. The van der Waals surface area contributed by atoms with E-state index in [1.54, 1.807) is 12.1 Å². The Morgan fingerprint density at radius 2 is 1.22 bits per heavy atom. The summed E-state index contributed by atoms with van der Waals surface area (Å²) in [6.07, 6.45) is 2.31. The van der Waals surface area contributed by atoms with E-state index in [-0.39, 0.29) is 46.4 Å². The summed E-state index contributed by atoms with van der Waals surface area (Å²) in [5.74, 6) is -8.92. The number of hydrogen-bond donors (Lipinski definition) is 4. The number of carboxylic acids is 2. The van der Waals surface area contributed by atoms with E-state index in [1.807, 2.05) is 0 Å². The third-order valence-electron chi connectivity index (χ3n) is 8.21. The lowest BCUT2D eigenvalue weighted by molar-refractivity contribution is 0.0676. The molecule has 4 heterocycles. The minimum atomic E-state index is -4.10. The minimum Gasteiger partial charge on any atom is -0.477 e. The smallest absolute Gasteiger partial charge is 0.354 e. The molecule has 0 aliphatic heterocycles. The molecule has 3 aromatic carbocycles. The Hall–Kier alpha value is -7.26. The zero-order valence-corrected chi connectivity index (χ0v) is 31.2. The number of carboxylic acid groups (broad SMARTS) is 2. The Labute approximate surface area is 333 Å². The Bertz CT molecular complexity index is 2930. The molecular formula is C37H25ClF4N8O8S. The van der Waals surface area contributed by atoms with E-state index in [0.29, 0.717) is 11.1 Å². The molecule has 0 saturated carbocycles. The van der Waals surface area contributed by atoms with Crippen LogP contribution in [-0.2, 0) is 28.7 Å². The van der Waals surface area contributed by atoms with Gasteiger partial charge in [0, 0.05) is 36.3 Å². The van der Waals surface area contributed by atoms with Crippen molar-refractivity contribution in [3.63, 3.8) is 0 Å². The third kappa shape index (κ3) is 9.32. The lowest BCUT2D eigenvalue weighted by atomic mass is 10.2. The number of hydrogen-bond acceptors (Lipinski definition) is 10. The number of carbonyl (C=O) groups excluding carboxylic acids is 2. The fourth-order valence-electron chi connectivity index (χ4n) is 5.36. The second-order valence-corrected chi connectivity index (χ2v) is 14.6. The van der Waals surface area contributed by atoms with Gasteiger partial charge >= 0.3 is 11.9 Å². The topological polar surface area (TPSA) is 227 Å². The zero-order chi connectivity index (χ0) is 42.6. The summed E-state index contributed by atoms with van der Waals surface area (Å²) in [5.41, 5.74) is -0.518. The fraction of sp³-hybridized carbons (Fsp3) is 0.0811. The zero-order valence-electron chi connectivity index (χ0n) is 29.6. The summed E-state index contributed by atoms with van der Waals surface area (Å²) >= 11 is 6.07. The monoisotopic (exact) mass is 852 g/mol. The number of rotatable bonds is 11. The average Bonchev–Trinajstić information content (AvgIpc) is 3.87. The molecule has 7 aromatic rings. The van der Waals surface area contributed by atoms with Crippen molar-refractivity contribution in [1.82, 2.24) is 39.8 Å². The Kier molecular flexibility index (Phi) is 12.0. The van der Waals surface area contributed by atoms with Crippen molar-refractivity contribution in [3.8, 4) is 0 Å². The Morgan fingerprint density at radius 1 is 0.678 bits per heavy atom. The van der Waals surface area contributed by atoms with Gasteiger partial charge in [-0.2, -0.15) is 10.2 Å². The van der Waals surface area contributed by atoms with Crippen molar-refractivity contribution in [2.75, 3.05) is 0 Å². The standard InChI is InChI=1S/C22H15ClF2N4O5S.C15H10F2N4O3/c23-14-4-2-1-3-13(14)11-35(33,34)19-10-27-29-18(22(31)32)8-17(28-20(19)29)21(30)26-9-12-5-6-15(24)16(25)7-12;16-9-2-1-8(5-10(9)17)7-18-14(22)11-6-12(15(23)24)21-13(20-11)3-4-19-21/h1-8,10H,9,11H2,(H,26,30)(H,31,32);1-6H,7H2,(H,18,22)(H,23,24). The van der Waals surface area contributed by atoms with Gasteiger partial charge in [0.15, 0.2) is 55.8 Å². The van der Waals surface area contributed by atoms with Crippen molar-refractivity contribution in [2.45, 2.75) is 23.7 Å². The fourth-order valence-corrected chi connectivity index (χ4v) is 7.07. The molecule has 0 fully saturated rings. The average molecular weight is 853 g/mol. The molecule has 59 heavy (non-hydrogen) atoms. The molecule has 16 nitrogen and oxygen atoms in total. The summed E-state index contributed by atoms with van der Waals surface area (Å²) < 4.78 is 80.6. The first kappa shape index (κ1) is 41.4. The highest BCUT2D eigenvalue weighted by molar-refractivity contribution is 7.90. The summed E-state index contributed by atoms with van der Waals surface area (Å²) in [5, 5.41) is 31.5. The number of sulfone groups is 1. The van der Waals surface area contributed by atoms with Gasteiger partial charge in [0.1, 0.15) is 16.3 Å². The number of nitrogens with zero attached hydrogens (tertiary/aromatic N) is 6. The molecule has 0 aliphatic rings. The molecule has 0 spiro atoms. The van der Waals surface area contributed by atoms with E-state index in [1.165, 1.54) is 36.5 Å². The summed E-state index contributed by atoms with van der Waals surface area (Å²) in [7, 11) is -4.10. The van der Waals surface area contributed by atoms with Crippen molar-refractivity contribution in [1.29, 1.82) is 0 Å². The molecule has 7 rings (SSSR count). The van der Waals surface area contributed by atoms with Gasteiger partial charge in [-0.15, -0.1) is 0 Å². The van der Waals surface area contributed by atoms with Crippen molar-refractivity contribution >= 4 is 56.5 Å². The molecule has 302 valence electrons. The SMILES string of the molecule is O=C(NCc1ccc(F)c(F)c1)c1cc(C(=O)O)n2ncc(S(=O)(=O)Cc3ccccc3Cl)c2n1.O=C(NCc1ccc(F)c(F)c1)c1cc(C(=O)O)n2nccc2n1. The maximum atomic E-state index is 13.4. The molecule has 4 aromatic heterocycles. The first-order chi connectivity index (χ1) is 28.0. The van der Waals surface area contributed by atoms with Crippen LogP contribution >= 0.6 is 11.6 Å². The maximum absolute atomic E-state index is 13.4. The number of fused-ring (bicyclic) bond motifs is 2. The maximum Gasteiger partial charge on any atom is 0.354 e. The van der Waals surface area contributed by atoms with E-state index in [2.05, 4.69) is 30.8 Å². The highest BCUT2D eigenvalue weighted by Gasteiger charge is 2.27. The number of halogens is 5.